The van der Waals surface area contributed by atoms with E-state index >= 15 is 0 Å². The maximum absolute atomic E-state index is 13.3. The predicted molar refractivity (Wildman–Crippen MR) is 105 cm³/mol. The quantitative estimate of drug-likeness (QED) is 0.567. The zero-order chi connectivity index (χ0) is 18.0. The highest BCUT2D eigenvalue weighted by Crippen LogP contribution is 2.36. The zero-order valence-electron chi connectivity index (χ0n) is 14.8. The van der Waals surface area contributed by atoms with Crippen molar-refractivity contribution < 1.29 is 4.39 Å². The molecule has 0 bridgehead atoms. The van der Waals surface area contributed by atoms with Gasteiger partial charge in [-0.2, -0.15) is 0 Å². The molecule has 0 aromatic heterocycles. The number of hydrogen-bond acceptors (Lipinski definition) is 2. The molecule has 0 spiro atoms. The van der Waals surface area contributed by atoms with Crippen LogP contribution >= 0.6 is 0 Å². The maximum atomic E-state index is 13.3. The minimum Gasteiger partial charge on any atom is -0.397 e. The third-order valence-corrected chi connectivity index (χ3v) is 4.27. The van der Waals surface area contributed by atoms with Crippen molar-refractivity contribution in [2.45, 2.75) is 26.2 Å². The Kier molecular flexibility index (Phi) is 4.49. The molecule has 0 saturated heterocycles. The van der Waals surface area contributed by atoms with Gasteiger partial charge in [0.15, 0.2) is 0 Å². The summed E-state index contributed by atoms with van der Waals surface area (Å²) in [5.41, 5.74) is 11.8. The van der Waals surface area contributed by atoms with Gasteiger partial charge in [-0.1, -0.05) is 51.1 Å². The summed E-state index contributed by atoms with van der Waals surface area (Å²) in [6.07, 6.45) is 0. The topological polar surface area (TPSA) is 38.0 Å². The second-order valence-corrected chi connectivity index (χ2v) is 7.23. The Balaban J connectivity index is 2.11. The molecule has 0 aliphatic carbocycles. The van der Waals surface area contributed by atoms with Crippen LogP contribution in [0.15, 0.2) is 66.7 Å². The van der Waals surface area contributed by atoms with E-state index in [4.69, 9.17) is 5.73 Å². The van der Waals surface area contributed by atoms with E-state index in [2.05, 4.69) is 44.3 Å². The van der Waals surface area contributed by atoms with Crippen LogP contribution in [0.3, 0.4) is 0 Å². The molecule has 0 heterocycles. The van der Waals surface area contributed by atoms with Crippen LogP contribution in [0.1, 0.15) is 26.3 Å². The van der Waals surface area contributed by atoms with Gasteiger partial charge in [0.1, 0.15) is 5.82 Å². The SMILES string of the molecule is CC(C)(C)c1ccc(Nc2ccccc2N)c(-c2ccc(F)cc2)c1. The summed E-state index contributed by atoms with van der Waals surface area (Å²) < 4.78 is 13.3. The average Bonchev–Trinajstić information content (AvgIpc) is 2.57. The Morgan fingerprint density at radius 1 is 0.840 bits per heavy atom. The maximum Gasteiger partial charge on any atom is 0.123 e. The van der Waals surface area contributed by atoms with E-state index in [1.807, 2.05) is 24.3 Å². The molecule has 0 radical (unpaired) electrons. The lowest BCUT2D eigenvalue weighted by Gasteiger charge is -2.22. The number of benzene rings is 3. The van der Waals surface area contributed by atoms with Crippen LogP contribution in [0.25, 0.3) is 11.1 Å². The van der Waals surface area contributed by atoms with Crippen LogP contribution in [0.4, 0.5) is 21.5 Å². The van der Waals surface area contributed by atoms with Crippen LogP contribution in [0.2, 0.25) is 0 Å². The van der Waals surface area contributed by atoms with Gasteiger partial charge in [-0.15, -0.1) is 0 Å². The highest BCUT2D eigenvalue weighted by Gasteiger charge is 2.16. The van der Waals surface area contributed by atoms with E-state index in [1.165, 1.54) is 17.7 Å². The number of nitrogen functional groups attached to an aromatic ring is 1. The fraction of sp³-hybridized carbons (Fsp3) is 0.182. The van der Waals surface area contributed by atoms with Crippen LogP contribution in [0, 0.1) is 5.82 Å². The van der Waals surface area contributed by atoms with Crippen molar-refractivity contribution in [3.05, 3.63) is 78.1 Å². The van der Waals surface area contributed by atoms with Crippen molar-refractivity contribution in [1.29, 1.82) is 0 Å². The summed E-state index contributed by atoms with van der Waals surface area (Å²) in [7, 11) is 0. The summed E-state index contributed by atoms with van der Waals surface area (Å²) >= 11 is 0. The van der Waals surface area contributed by atoms with E-state index in [0.717, 1.165) is 22.5 Å². The minimum absolute atomic E-state index is 0.0269. The monoisotopic (exact) mass is 334 g/mol. The molecule has 3 N–H and O–H groups in total. The number of hydrogen-bond donors (Lipinski definition) is 2. The third-order valence-electron chi connectivity index (χ3n) is 4.27. The Morgan fingerprint density at radius 2 is 1.52 bits per heavy atom. The standard InChI is InChI=1S/C22H23FN2/c1-22(2,3)16-10-13-20(25-21-7-5-4-6-19(21)24)18(14-16)15-8-11-17(23)12-9-15/h4-14,25H,24H2,1-3H3. The Labute approximate surface area is 148 Å². The number of nitrogens with one attached hydrogen (secondary N) is 1. The fourth-order valence-corrected chi connectivity index (χ4v) is 2.74. The largest absolute Gasteiger partial charge is 0.397 e. The van der Waals surface area contributed by atoms with E-state index in [1.54, 1.807) is 12.1 Å². The first-order valence-corrected chi connectivity index (χ1v) is 8.36. The van der Waals surface area contributed by atoms with Crippen LogP contribution in [0.5, 0.6) is 0 Å². The van der Waals surface area contributed by atoms with Crippen LogP contribution in [-0.2, 0) is 5.41 Å². The van der Waals surface area contributed by atoms with Gasteiger partial charge in [0.05, 0.1) is 11.4 Å². The second-order valence-electron chi connectivity index (χ2n) is 7.23. The summed E-state index contributed by atoms with van der Waals surface area (Å²) in [5, 5.41) is 3.41. The summed E-state index contributed by atoms with van der Waals surface area (Å²) in [6, 6.07) is 20.6. The highest BCUT2D eigenvalue weighted by atomic mass is 19.1. The molecule has 25 heavy (non-hydrogen) atoms. The molecule has 0 aliphatic heterocycles. The molecule has 3 rings (SSSR count). The predicted octanol–water partition coefficient (Wildman–Crippen LogP) is 6.12. The molecule has 0 saturated carbocycles. The van der Waals surface area contributed by atoms with Crippen LogP contribution in [-0.4, -0.2) is 0 Å². The lowest BCUT2D eigenvalue weighted by atomic mass is 9.85. The van der Waals surface area contributed by atoms with E-state index in [9.17, 15) is 4.39 Å². The van der Waals surface area contributed by atoms with Gasteiger partial charge >= 0.3 is 0 Å². The number of anilines is 3. The number of nitrogens with two attached hydrogens (primary N) is 1. The first kappa shape index (κ1) is 17.0. The average molecular weight is 334 g/mol. The van der Waals surface area contributed by atoms with Gasteiger partial charge in [-0.05, 0) is 52.9 Å². The Morgan fingerprint density at radius 3 is 2.16 bits per heavy atom. The Bertz CT molecular complexity index is 877. The van der Waals surface area contributed by atoms with Crippen molar-refractivity contribution in [3.63, 3.8) is 0 Å². The molecule has 0 fully saturated rings. The van der Waals surface area contributed by atoms with Gasteiger partial charge in [0.2, 0.25) is 0 Å². The zero-order valence-corrected chi connectivity index (χ0v) is 14.8. The third kappa shape index (κ3) is 3.82. The van der Waals surface area contributed by atoms with Crippen molar-refractivity contribution in [1.82, 2.24) is 0 Å². The Hall–Kier alpha value is -2.81. The summed E-state index contributed by atoms with van der Waals surface area (Å²) in [6.45, 7) is 6.54. The smallest absolute Gasteiger partial charge is 0.123 e. The summed E-state index contributed by atoms with van der Waals surface area (Å²) in [5.74, 6) is -0.238. The molecule has 3 aromatic rings. The molecular formula is C22H23FN2. The van der Waals surface area contributed by atoms with Gasteiger partial charge < -0.3 is 11.1 Å². The van der Waals surface area contributed by atoms with E-state index < -0.39 is 0 Å². The molecule has 3 aromatic carbocycles. The molecule has 3 heteroatoms. The number of rotatable bonds is 3. The molecular weight excluding hydrogens is 311 g/mol. The highest BCUT2D eigenvalue weighted by molar-refractivity contribution is 5.84. The molecule has 0 atom stereocenters. The van der Waals surface area contributed by atoms with E-state index in [-0.39, 0.29) is 11.2 Å². The van der Waals surface area contributed by atoms with Crippen molar-refractivity contribution in [3.8, 4) is 11.1 Å². The lowest BCUT2D eigenvalue weighted by molar-refractivity contribution is 0.590. The molecule has 0 unspecified atom stereocenters. The lowest BCUT2D eigenvalue weighted by Crippen LogP contribution is -2.11. The molecule has 2 nitrogen and oxygen atoms in total. The number of para-hydroxylation sites is 2. The van der Waals surface area contributed by atoms with Crippen molar-refractivity contribution in [2.24, 2.45) is 0 Å². The van der Waals surface area contributed by atoms with Crippen molar-refractivity contribution >= 4 is 17.1 Å². The second kappa shape index (κ2) is 6.60. The van der Waals surface area contributed by atoms with Crippen molar-refractivity contribution in [2.75, 3.05) is 11.1 Å². The first-order chi connectivity index (χ1) is 11.8. The minimum atomic E-state index is -0.238. The van der Waals surface area contributed by atoms with Gasteiger partial charge in [0.25, 0.3) is 0 Å². The molecule has 128 valence electrons. The van der Waals surface area contributed by atoms with E-state index in [0.29, 0.717) is 5.69 Å². The van der Waals surface area contributed by atoms with Gasteiger partial charge in [-0.3, -0.25) is 0 Å². The van der Waals surface area contributed by atoms with Crippen LogP contribution < -0.4 is 11.1 Å². The summed E-state index contributed by atoms with van der Waals surface area (Å²) in [4.78, 5) is 0. The number of halogens is 1. The molecule has 0 amide bonds. The fourth-order valence-electron chi connectivity index (χ4n) is 2.74. The first-order valence-electron chi connectivity index (χ1n) is 8.36. The molecule has 0 aliphatic rings. The van der Waals surface area contributed by atoms with Gasteiger partial charge in [0, 0.05) is 11.3 Å². The van der Waals surface area contributed by atoms with Gasteiger partial charge in [-0.25, -0.2) is 4.39 Å². The normalized spacial score (nSPS) is 11.4.